The predicted molar refractivity (Wildman–Crippen MR) is 97.7 cm³/mol. The van der Waals surface area contributed by atoms with E-state index in [0.717, 1.165) is 35.7 Å². The van der Waals surface area contributed by atoms with Gasteiger partial charge in [-0.15, -0.1) is 19.0 Å². The predicted octanol–water partition coefficient (Wildman–Crippen LogP) is 4.28. The van der Waals surface area contributed by atoms with Crippen LogP contribution in [-0.4, -0.2) is 13.7 Å². The molecule has 4 heteroatoms. The van der Waals surface area contributed by atoms with E-state index >= 15 is 0 Å². The fourth-order valence-corrected chi connectivity index (χ4v) is 2.22. The highest BCUT2D eigenvalue weighted by Crippen LogP contribution is 2.28. The fraction of sp³-hybridized carbons (Fsp3) is 0.263. The fourth-order valence-electron chi connectivity index (χ4n) is 2.22. The highest BCUT2D eigenvalue weighted by Gasteiger charge is 2.06. The minimum Gasteiger partial charge on any atom is -0.493 e. The lowest BCUT2D eigenvalue weighted by atomic mass is 10.1. The second-order valence-corrected chi connectivity index (χ2v) is 5.18. The number of halogens is 1. The molecule has 0 fully saturated rings. The molecule has 1 N–H and O–H groups in total. The van der Waals surface area contributed by atoms with Crippen molar-refractivity contribution >= 4 is 12.4 Å². The molecule has 0 saturated heterocycles. The Bertz CT molecular complexity index is 629. The van der Waals surface area contributed by atoms with E-state index in [1.807, 2.05) is 30.3 Å². The first kappa shape index (κ1) is 19.1. The summed E-state index contributed by atoms with van der Waals surface area (Å²) >= 11 is 0. The maximum Gasteiger partial charge on any atom is 0.161 e. The molecule has 2 aromatic carbocycles. The number of ether oxygens (including phenoxy) is 2. The zero-order valence-electron chi connectivity index (χ0n) is 13.7. The van der Waals surface area contributed by atoms with Gasteiger partial charge in [0.25, 0.3) is 0 Å². The summed E-state index contributed by atoms with van der Waals surface area (Å²) in [4.78, 5) is 0. The lowest BCUT2D eigenvalue weighted by Gasteiger charge is -2.13. The van der Waals surface area contributed by atoms with E-state index in [9.17, 15) is 0 Å². The molecular weight excluding hydrogens is 310 g/mol. The molecule has 2 rings (SSSR count). The number of hydrogen-bond donors (Lipinski definition) is 1. The Morgan fingerprint density at radius 3 is 2.61 bits per heavy atom. The van der Waals surface area contributed by atoms with Gasteiger partial charge in [-0.05, 0) is 30.2 Å². The summed E-state index contributed by atoms with van der Waals surface area (Å²) in [5.41, 5.74) is 3.54. The van der Waals surface area contributed by atoms with E-state index in [1.54, 1.807) is 7.11 Å². The van der Waals surface area contributed by atoms with E-state index in [0.29, 0.717) is 6.61 Å². The Labute approximate surface area is 144 Å². The van der Waals surface area contributed by atoms with E-state index in [1.165, 1.54) is 5.56 Å². The molecule has 0 spiro atoms. The van der Waals surface area contributed by atoms with Crippen molar-refractivity contribution in [1.82, 2.24) is 5.32 Å². The largest absolute Gasteiger partial charge is 0.493 e. The summed E-state index contributed by atoms with van der Waals surface area (Å²) in [6.45, 7) is 7.87. The van der Waals surface area contributed by atoms with Gasteiger partial charge in [0.2, 0.25) is 0 Å². The van der Waals surface area contributed by atoms with Crippen molar-refractivity contribution in [3.63, 3.8) is 0 Å². The van der Waals surface area contributed by atoms with Crippen molar-refractivity contribution in [3.8, 4) is 11.5 Å². The van der Waals surface area contributed by atoms with Crippen molar-refractivity contribution in [2.75, 3.05) is 13.7 Å². The standard InChI is InChI=1S/C19H23NO2.ClH/c1-4-10-20-13-16-8-9-18(19(12-16)21-3)22-14-17-7-5-6-15(2)11-17;/h4-9,11-12,20H,1,10,13-14H2,2-3H3;1H. The van der Waals surface area contributed by atoms with Crippen molar-refractivity contribution in [3.05, 3.63) is 71.8 Å². The third-order valence-corrected chi connectivity index (χ3v) is 3.32. The van der Waals surface area contributed by atoms with Crippen LogP contribution in [0.1, 0.15) is 16.7 Å². The monoisotopic (exact) mass is 333 g/mol. The van der Waals surface area contributed by atoms with E-state index in [2.05, 4.69) is 37.0 Å². The second-order valence-electron chi connectivity index (χ2n) is 5.18. The first-order chi connectivity index (χ1) is 10.7. The highest BCUT2D eigenvalue weighted by molar-refractivity contribution is 5.85. The highest BCUT2D eigenvalue weighted by atomic mass is 35.5. The molecule has 0 amide bonds. The van der Waals surface area contributed by atoms with Crippen LogP contribution < -0.4 is 14.8 Å². The van der Waals surface area contributed by atoms with Gasteiger partial charge in [0, 0.05) is 13.1 Å². The van der Waals surface area contributed by atoms with Gasteiger partial charge in [0.15, 0.2) is 11.5 Å². The summed E-state index contributed by atoms with van der Waals surface area (Å²) in [5.74, 6) is 1.52. The van der Waals surface area contributed by atoms with Crippen LogP contribution in [0.2, 0.25) is 0 Å². The lowest BCUT2D eigenvalue weighted by Crippen LogP contribution is -2.12. The summed E-state index contributed by atoms with van der Waals surface area (Å²) < 4.78 is 11.3. The maximum absolute atomic E-state index is 5.89. The Morgan fingerprint density at radius 2 is 1.91 bits per heavy atom. The minimum absolute atomic E-state index is 0. The molecule has 0 radical (unpaired) electrons. The summed E-state index contributed by atoms with van der Waals surface area (Å²) in [6, 6.07) is 14.3. The van der Waals surface area contributed by atoms with Crippen molar-refractivity contribution < 1.29 is 9.47 Å². The van der Waals surface area contributed by atoms with Gasteiger partial charge in [0.05, 0.1) is 7.11 Å². The zero-order chi connectivity index (χ0) is 15.8. The second kappa shape index (κ2) is 9.93. The van der Waals surface area contributed by atoms with Gasteiger partial charge < -0.3 is 14.8 Å². The zero-order valence-corrected chi connectivity index (χ0v) is 14.5. The van der Waals surface area contributed by atoms with Crippen LogP contribution in [0.3, 0.4) is 0 Å². The molecule has 0 atom stereocenters. The first-order valence-corrected chi connectivity index (χ1v) is 7.40. The average Bonchev–Trinajstić information content (AvgIpc) is 2.53. The van der Waals surface area contributed by atoms with Crippen LogP contribution in [0.25, 0.3) is 0 Å². The molecule has 0 bridgehead atoms. The van der Waals surface area contributed by atoms with Crippen LogP contribution in [0.15, 0.2) is 55.1 Å². The van der Waals surface area contributed by atoms with Gasteiger partial charge in [-0.3, -0.25) is 0 Å². The molecule has 0 aliphatic rings. The van der Waals surface area contributed by atoms with Crippen LogP contribution in [0.4, 0.5) is 0 Å². The van der Waals surface area contributed by atoms with E-state index in [-0.39, 0.29) is 12.4 Å². The van der Waals surface area contributed by atoms with Crippen LogP contribution in [-0.2, 0) is 13.2 Å². The number of benzene rings is 2. The quantitative estimate of drug-likeness (QED) is 0.577. The molecule has 0 saturated carbocycles. The molecule has 0 unspecified atom stereocenters. The number of methoxy groups -OCH3 is 1. The smallest absolute Gasteiger partial charge is 0.161 e. The molecule has 0 heterocycles. The summed E-state index contributed by atoms with van der Waals surface area (Å²) in [6.07, 6.45) is 1.84. The number of nitrogens with one attached hydrogen (secondary N) is 1. The van der Waals surface area contributed by atoms with E-state index in [4.69, 9.17) is 9.47 Å². The topological polar surface area (TPSA) is 30.5 Å². The van der Waals surface area contributed by atoms with Gasteiger partial charge in [0.1, 0.15) is 6.61 Å². The van der Waals surface area contributed by atoms with Gasteiger partial charge in [-0.2, -0.15) is 0 Å². The lowest BCUT2D eigenvalue weighted by molar-refractivity contribution is 0.284. The average molecular weight is 334 g/mol. The first-order valence-electron chi connectivity index (χ1n) is 7.40. The van der Waals surface area contributed by atoms with Crippen LogP contribution in [0, 0.1) is 6.92 Å². The van der Waals surface area contributed by atoms with Gasteiger partial charge in [-0.25, -0.2) is 0 Å². The number of rotatable bonds is 8. The third-order valence-electron chi connectivity index (χ3n) is 3.32. The normalized spacial score (nSPS) is 9.83. The van der Waals surface area contributed by atoms with Gasteiger partial charge >= 0.3 is 0 Å². The Hall–Kier alpha value is -1.97. The Morgan fingerprint density at radius 1 is 1.09 bits per heavy atom. The Balaban J connectivity index is 0.00000264. The molecule has 0 aromatic heterocycles. The molecule has 0 aliphatic carbocycles. The maximum atomic E-state index is 5.89. The SMILES string of the molecule is C=CCNCc1ccc(OCc2cccc(C)c2)c(OC)c1.Cl. The van der Waals surface area contributed by atoms with Gasteiger partial charge in [-0.1, -0.05) is 42.0 Å². The van der Waals surface area contributed by atoms with Crippen molar-refractivity contribution in [1.29, 1.82) is 0 Å². The number of aryl methyl sites for hydroxylation is 1. The molecule has 3 nitrogen and oxygen atoms in total. The number of hydrogen-bond acceptors (Lipinski definition) is 3. The summed E-state index contributed by atoms with van der Waals surface area (Å²) in [5, 5.41) is 3.27. The van der Waals surface area contributed by atoms with Crippen LogP contribution in [0.5, 0.6) is 11.5 Å². The van der Waals surface area contributed by atoms with Crippen molar-refractivity contribution in [2.45, 2.75) is 20.1 Å². The van der Waals surface area contributed by atoms with Crippen molar-refractivity contribution in [2.24, 2.45) is 0 Å². The third kappa shape index (κ3) is 5.97. The molecule has 124 valence electrons. The Kier molecular flexibility index (Phi) is 8.23. The van der Waals surface area contributed by atoms with Crippen LogP contribution >= 0.6 is 12.4 Å². The molecular formula is C19H24ClNO2. The summed E-state index contributed by atoms with van der Waals surface area (Å²) in [7, 11) is 1.66. The van der Waals surface area contributed by atoms with E-state index < -0.39 is 0 Å². The molecule has 2 aromatic rings. The molecule has 0 aliphatic heterocycles. The molecule has 23 heavy (non-hydrogen) atoms. The minimum atomic E-state index is 0.